The number of rotatable bonds is 4. The summed E-state index contributed by atoms with van der Waals surface area (Å²) in [5.74, 6) is -0.471. The van der Waals surface area contributed by atoms with Gasteiger partial charge in [-0.2, -0.15) is 0 Å². The van der Waals surface area contributed by atoms with Gasteiger partial charge in [-0.15, -0.1) is 0 Å². The molecule has 0 saturated carbocycles. The summed E-state index contributed by atoms with van der Waals surface area (Å²) in [6, 6.07) is 6.14. The molecule has 21 heavy (non-hydrogen) atoms. The van der Waals surface area contributed by atoms with Crippen LogP contribution in [0.1, 0.15) is 5.56 Å². The minimum Gasteiger partial charge on any atom is -0.502 e. The maximum absolute atomic E-state index is 12.2. The van der Waals surface area contributed by atoms with Crippen LogP contribution in [0.25, 0.3) is 0 Å². The summed E-state index contributed by atoms with van der Waals surface area (Å²) in [4.78, 5) is 13.4. The normalized spacial score (nSPS) is 11.1. The van der Waals surface area contributed by atoms with Crippen molar-refractivity contribution in [2.75, 3.05) is 4.72 Å². The molecule has 1 aromatic carbocycles. The molecule has 0 aliphatic carbocycles. The number of nitrogens with zero attached hydrogens (tertiary/aromatic N) is 2. The van der Waals surface area contributed by atoms with Gasteiger partial charge >= 0.3 is 5.69 Å². The van der Waals surface area contributed by atoms with Gasteiger partial charge in [0.15, 0.2) is 5.75 Å². The number of sulfonamides is 1. The lowest BCUT2D eigenvalue weighted by molar-refractivity contribution is -0.386. The van der Waals surface area contributed by atoms with Crippen LogP contribution >= 0.6 is 0 Å². The van der Waals surface area contributed by atoms with E-state index in [2.05, 4.69) is 9.71 Å². The van der Waals surface area contributed by atoms with Gasteiger partial charge in [0.05, 0.1) is 9.82 Å². The predicted octanol–water partition coefficient (Wildman–Crippen LogP) is 1.80. The van der Waals surface area contributed by atoms with Crippen LogP contribution in [0.15, 0.2) is 41.4 Å². The Bertz CT molecular complexity index is 804. The van der Waals surface area contributed by atoms with E-state index < -0.39 is 26.4 Å². The number of aromatic hydroxyl groups is 1. The maximum atomic E-state index is 12.2. The molecule has 2 N–H and O–H groups in total. The Labute approximate surface area is 120 Å². The first kappa shape index (κ1) is 14.7. The molecule has 0 bridgehead atoms. The molecular weight excluding hydrogens is 298 g/mol. The van der Waals surface area contributed by atoms with E-state index in [1.807, 2.05) is 0 Å². The van der Waals surface area contributed by atoms with Gasteiger partial charge in [0.1, 0.15) is 5.82 Å². The Morgan fingerprint density at radius 1 is 1.33 bits per heavy atom. The highest BCUT2D eigenvalue weighted by molar-refractivity contribution is 7.92. The molecule has 0 fully saturated rings. The first-order chi connectivity index (χ1) is 9.81. The number of nitrogens with one attached hydrogen (secondary N) is 1. The predicted molar refractivity (Wildman–Crippen MR) is 74.5 cm³/mol. The van der Waals surface area contributed by atoms with E-state index in [0.29, 0.717) is 5.56 Å². The van der Waals surface area contributed by atoms with Gasteiger partial charge in [-0.25, -0.2) is 13.4 Å². The van der Waals surface area contributed by atoms with Gasteiger partial charge < -0.3 is 5.11 Å². The summed E-state index contributed by atoms with van der Waals surface area (Å²) in [5, 5.41) is 20.1. The van der Waals surface area contributed by atoms with Crippen LogP contribution < -0.4 is 4.72 Å². The number of nitro benzene ring substituents is 1. The molecule has 0 amide bonds. The molecule has 0 atom stereocenters. The Balaban J connectivity index is 2.43. The van der Waals surface area contributed by atoms with E-state index in [0.717, 1.165) is 18.2 Å². The quantitative estimate of drug-likeness (QED) is 0.656. The number of phenolic OH excluding ortho intramolecular Hbond substituents is 1. The summed E-state index contributed by atoms with van der Waals surface area (Å²) in [5.41, 5.74) is -0.0787. The number of hydrogen-bond acceptors (Lipinski definition) is 6. The van der Waals surface area contributed by atoms with Gasteiger partial charge in [0, 0.05) is 12.3 Å². The van der Waals surface area contributed by atoms with E-state index in [1.54, 1.807) is 19.1 Å². The summed E-state index contributed by atoms with van der Waals surface area (Å²) >= 11 is 0. The second kappa shape index (κ2) is 5.37. The van der Waals surface area contributed by atoms with E-state index in [4.69, 9.17) is 0 Å². The third kappa shape index (κ3) is 3.08. The molecule has 1 heterocycles. The van der Waals surface area contributed by atoms with E-state index in [9.17, 15) is 23.6 Å². The number of nitro groups is 1. The lowest BCUT2D eigenvalue weighted by atomic mass is 10.3. The largest absolute Gasteiger partial charge is 0.502 e. The minimum absolute atomic E-state index is 0.133. The fourth-order valence-electron chi connectivity index (χ4n) is 1.60. The molecule has 8 nitrogen and oxygen atoms in total. The van der Waals surface area contributed by atoms with Crippen LogP contribution in [0.5, 0.6) is 5.75 Å². The van der Waals surface area contributed by atoms with E-state index >= 15 is 0 Å². The Morgan fingerprint density at radius 3 is 2.67 bits per heavy atom. The van der Waals surface area contributed by atoms with Crippen LogP contribution in [-0.2, 0) is 10.0 Å². The zero-order chi connectivity index (χ0) is 15.6. The van der Waals surface area contributed by atoms with Crippen molar-refractivity contribution >= 4 is 21.5 Å². The van der Waals surface area contributed by atoms with Gasteiger partial charge in [-0.3, -0.25) is 14.8 Å². The highest BCUT2D eigenvalue weighted by atomic mass is 32.2. The first-order valence-corrected chi connectivity index (χ1v) is 7.21. The molecule has 9 heteroatoms. The fourth-order valence-corrected chi connectivity index (χ4v) is 2.70. The molecule has 2 rings (SSSR count). The monoisotopic (exact) mass is 309 g/mol. The third-order valence-electron chi connectivity index (χ3n) is 2.69. The first-order valence-electron chi connectivity index (χ1n) is 5.73. The number of pyridine rings is 1. The van der Waals surface area contributed by atoms with Gasteiger partial charge in [-0.05, 0) is 30.7 Å². The highest BCUT2D eigenvalue weighted by Gasteiger charge is 2.22. The number of anilines is 1. The van der Waals surface area contributed by atoms with Crippen molar-refractivity contribution in [3.8, 4) is 5.75 Å². The standard InChI is InChI=1S/C12H11N3O5S/c1-8-3-2-6-13-12(8)14-21(19,20)9-4-5-11(16)10(7-9)15(17)18/h2-7,16H,1H3,(H,13,14). The minimum atomic E-state index is -4.04. The number of aryl methyl sites for hydroxylation is 1. The molecule has 0 radical (unpaired) electrons. The summed E-state index contributed by atoms with van der Waals surface area (Å²) < 4.78 is 26.6. The number of phenols is 1. The lowest BCUT2D eigenvalue weighted by Crippen LogP contribution is -2.15. The van der Waals surface area contributed by atoms with Gasteiger partial charge in [0.2, 0.25) is 0 Å². The second-order valence-corrected chi connectivity index (χ2v) is 5.86. The van der Waals surface area contributed by atoms with E-state index in [1.165, 1.54) is 6.20 Å². The van der Waals surface area contributed by atoms with Crippen LogP contribution in [0.4, 0.5) is 11.5 Å². The average molecular weight is 309 g/mol. The van der Waals surface area contributed by atoms with Crippen molar-refractivity contribution < 1.29 is 18.4 Å². The second-order valence-electron chi connectivity index (χ2n) is 4.18. The van der Waals surface area contributed by atoms with Crippen molar-refractivity contribution in [3.63, 3.8) is 0 Å². The van der Waals surface area contributed by atoms with E-state index in [-0.39, 0.29) is 10.7 Å². The van der Waals surface area contributed by atoms with Gasteiger partial charge in [0.25, 0.3) is 10.0 Å². The molecule has 0 saturated heterocycles. The molecule has 0 spiro atoms. The molecule has 0 aliphatic heterocycles. The fraction of sp³-hybridized carbons (Fsp3) is 0.0833. The molecular formula is C12H11N3O5S. The smallest absolute Gasteiger partial charge is 0.312 e. The third-order valence-corrected chi connectivity index (χ3v) is 4.03. The van der Waals surface area contributed by atoms with Crippen molar-refractivity contribution in [1.29, 1.82) is 0 Å². The molecule has 0 unspecified atom stereocenters. The van der Waals surface area contributed by atoms with Crippen LogP contribution in [0.3, 0.4) is 0 Å². The lowest BCUT2D eigenvalue weighted by Gasteiger charge is -2.09. The van der Waals surface area contributed by atoms with Crippen molar-refractivity contribution in [3.05, 3.63) is 52.2 Å². The van der Waals surface area contributed by atoms with Gasteiger partial charge in [-0.1, -0.05) is 6.07 Å². The summed E-state index contributed by atoms with van der Waals surface area (Å²) in [6.07, 6.45) is 1.42. The van der Waals surface area contributed by atoms with Crippen LogP contribution in [0.2, 0.25) is 0 Å². The number of hydrogen-bond donors (Lipinski definition) is 2. The molecule has 1 aromatic heterocycles. The molecule has 110 valence electrons. The molecule has 2 aromatic rings. The van der Waals surface area contributed by atoms with Crippen LogP contribution in [0, 0.1) is 17.0 Å². The zero-order valence-corrected chi connectivity index (χ0v) is 11.7. The zero-order valence-electron chi connectivity index (χ0n) is 10.8. The Morgan fingerprint density at radius 2 is 2.05 bits per heavy atom. The summed E-state index contributed by atoms with van der Waals surface area (Å²) in [6.45, 7) is 1.67. The topological polar surface area (TPSA) is 122 Å². The highest BCUT2D eigenvalue weighted by Crippen LogP contribution is 2.29. The summed E-state index contributed by atoms with van der Waals surface area (Å²) in [7, 11) is -4.04. The Kier molecular flexibility index (Phi) is 3.76. The number of benzene rings is 1. The average Bonchev–Trinajstić information content (AvgIpc) is 2.41. The molecule has 0 aliphatic rings. The van der Waals surface area contributed by atoms with Crippen molar-refractivity contribution in [2.45, 2.75) is 11.8 Å². The van der Waals surface area contributed by atoms with Crippen LogP contribution in [-0.4, -0.2) is 23.4 Å². The Hall–Kier alpha value is -2.68. The van der Waals surface area contributed by atoms with Crippen molar-refractivity contribution in [2.24, 2.45) is 0 Å². The maximum Gasteiger partial charge on any atom is 0.312 e. The SMILES string of the molecule is Cc1cccnc1NS(=O)(=O)c1ccc(O)c([N+](=O)[O-])c1. The van der Waals surface area contributed by atoms with Crippen molar-refractivity contribution in [1.82, 2.24) is 4.98 Å². The number of aromatic nitrogens is 1.